The molecule has 0 radical (unpaired) electrons. The van der Waals surface area contributed by atoms with Gasteiger partial charge in [0.2, 0.25) is 0 Å². The zero-order valence-corrected chi connectivity index (χ0v) is 10.6. The lowest BCUT2D eigenvalue weighted by Gasteiger charge is -2.06. The first-order valence-electron chi connectivity index (χ1n) is 5.46. The molecule has 0 saturated heterocycles. The van der Waals surface area contributed by atoms with E-state index in [0.717, 1.165) is 12.2 Å². The molecule has 0 aliphatic carbocycles. The van der Waals surface area contributed by atoms with Gasteiger partial charge in [0.1, 0.15) is 18.0 Å². The van der Waals surface area contributed by atoms with E-state index < -0.39 is 17.3 Å². The maximum absolute atomic E-state index is 12.7. The molecule has 0 unspecified atom stereocenters. The molecule has 1 aromatic rings. The van der Waals surface area contributed by atoms with Crippen LogP contribution in [0.25, 0.3) is 0 Å². The normalized spacial score (nSPS) is 11.2. The van der Waals surface area contributed by atoms with Crippen LogP contribution < -0.4 is 0 Å². The van der Waals surface area contributed by atoms with E-state index in [0.29, 0.717) is 5.56 Å². The first-order valence-corrected chi connectivity index (χ1v) is 5.46. The number of methoxy groups -OCH3 is 1. The fourth-order valence-electron chi connectivity index (χ4n) is 1.18. The second-order valence-electron chi connectivity index (χ2n) is 3.66. The number of nitrogens with zero attached hydrogens (tertiary/aromatic N) is 3. The molecule has 0 saturated carbocycles. The Morgan fingerprint density at radius 3 is 2.45 bits per heavy atom. The Morgan fingerprint density at radius 2 is 1.95 bits per heavy atom. The van der Waals surface area contributed by atoms with E-state index >= 15 is 0 Å². The average molecular weight is 271 g/mol. The van der Waals surface area contributed by atoms with Crippen LogP contribution in [0.1, 0.15) is 5.56 Å². The predicted octanol–water partition coefficient (Wildman–Crippen LogP) is 1.76. The maximum atomic E-state index is 12.7. The van der Waals surface area contributed by atoms with Crippen molar-refractivity contribution in [3.05, 3.63) is 47.8 Å². The highest BCUT2D eigenvalue weighted by atomic mass is 19.1. The number of rotatable bonds is 4. The van der Waals surface area contributed by atoms with E-state index in [1.54, 1.807) is 12.1 Å². The van der Waals surface area contributed by atoms with Crippen LogP contribution in [0.4, 0.5) is 4.39 Å². The fraction of sp³-hybridized carbons (Fsp3) is 0.143. The summed E-state index contributed by atoms with van der Waals surface area (Å²) in [4.78, 5) is 14.8. The molecule has 0 bridgehead atoms. The summed E-state index contributed by atoms with van der Waals surface area (Å²) < 4.78 is 17.1. The highest BCUT2D eigenvalue weighted by Crippen LogP contribution is 2.11. The third kappa shape index (κ3) is 4.04. The molecule has 20 heavy (non-hydrogen) atoms. The standard InChI is InChI=1S/C14H10FN3O2/c1-20-13(19)6-7-14(9-16,10-17)18-8-11-2-4-12(15)5-3-11/h2-8H,1H3/b7-6-,18-8?. The zero-order chi connectivity index (χ0) is 15.0. The third-order valence-corrected chi connectivity index (χ3v) is 2.29. The fourth-order valence-corrected chi connectivity index (χ4v) is 1.18. The quantitative estimate of drug-likeness (QED) is 0.474. The number of ether oxygens (including phenoxy) is 1. The summed E-state index contributed by atoms with van der Waals surface area (Å²) in [5.41, 5.74) is -1.31. The van der Waals surface area contributed by atoms with Crippen molar-refractivity contribution in [3.63, 3.8) is 0 Å². The van der Waals surface area contributed by atoms with Crippen LogP contribution in [0, 0.1) is 28.5 Å². The lowest BCUT2D eigenvalue weighted by Crippen LogP contribution is -2.19. The van der Waals surface area contributed by atoms with Crippen molar-refractivity contribution in [2.24, 2.45) is 4.99 Å². The van der Waals surface area contributed by atoms with Crippen molar-refractivity contribution >= 4 is 12.2 Å². The molecular formula is C14H10FN3O2. The Labute approximate surface area is 115 Å². The number of benzene rings is 1. The van der Waals surface area contributed by atoms with E-state index in [1.165, 1.54) is 37.6 Å². The van der Waals surface area contributed by atoms with Crippen LogP contribution in [0.5, 0.6) is 0 Å². The monoisotopic (exact) mass is 271 g/mol. The third-order valence-electron chi connectivity index (χ3n) is 2.29. The molecule has 0 atom stereocenters. The van der Waals surface area contributed by atoms with E-state index in [4.69, 9.17) is 10.5 Å². The highest BCUT2D eigenvalue weighted by molar-refractivity contribution is 5.83. The first kappa shape index (κ1) is 15.1. The molecule has 6 heteroatoms. The van der Waals surface area contributed by atoms with Gasteiger partial charge in [-0.2, -0.15) is 10.5 Å². The molecule has 0 aliphatic heterocycles. The summed E-state index contributed by atoms with van der Waals surface area (Å²) in [6, 6.07) is 8.75. The van der Waals surface area contributed by atoms with Crippen LogP contribution in [0.2, 0.25) is 0 Å². The van der Waals surface area contributed by atoms with Crippen molar-refractivity contribution in [1.82, 2.24) is 0 Å². The number of carbonyl (C=O) groups is 1. The number of halogens is 1. The summed E-state index contributed by atoms with van der Waals surface area (Å²) in [5.74, 6) is -1.10. The van der Waals surface area contributed by atoms with Gasteiger partial charge >= 0.3 is 5.97 Å². The second-order valence-corrected chi connectivity index (χ2v) is 3.66. The van der Waals surface area contributed by atoms with Crippen LogP contribution >= 0.6 is 0 Å². The molecule has 0 fully saturated rings. The van der Waals surface area contributed by atoms with Crippen molar-refractivity contribution in [2.75, 3.05) is 7.11 Å². The molecular weight excluding hydrogens is 261 g/mol. The predicted molar refractivity (Wildman–Crippen MR) is 69.1 cm³/mol. The van der Waals surface area contributed by atoms with Crippen molar-refractivity contribution in [2.45, 2.75) is 5.54 Å². The van der Waals surface area contributed by atoms with Gasteiger partial charge in [0.25, 0.3) is 5.54 Å². The van der Waals surface area contributed by atoms with Crippen LogP contribution in [0.15, 0.2) is 41.4 Å². The Kier molecular flexibility index (Phi) is 5.13. The SMILES string of the molecule is COC(=O)/C=C\C(C#N)(C#N)N=Cc1ccc(F)cc1. The summed E-state index contributed by atoms with van der Waals surface area (Å²) in [6.07, 6.45) is 3.25. The van der Waals surface area contributed by atoms with Gasteiger partial charge in [0.15, 0.2) is 0 Å². The smallest absolute Gasteiger partial charge is 0.330 e. The topological polar surface area (TPSA) is 86.2 Å². The van der Waals surface area contributed by atoms with Gasteiger partial charge in [-0.05, 0) is 23.8 Å². The molecule has 1 rings (SSSR count). The Bertz CT molecular complexity index is 607. The average Bonchev–Trinajstić information content (AvgIpc) is 2.49. The van der Waals surface area contributed by atoms with Gasteiger partial charge < -0.3 is 4.74 Å². The lowest BCUT2D eigenvalue weighted by molar-refractivity contribution is -0.134. The highest BCUT2D eigenvalue weighted by Gasteiger charge is 2.25. The Balaban J connectivity index is 3.01. The van der Waals surface area contributed by atoms with Crippen LogP contribution in [-0.2, 0) is 9.53 Å². The molecule has 0 N–H and O–H groups in total. The maximum Gasteiger partial charge on any atom is 0.330 e. The number of nitriles is 2. The molecule has 0 spiro atoms. The minimum atomic E-state index is -1.83. The van der Waals surface area contributed by atoms with Gasteiger partial charge in [-0.1, -0.05) is 12.1 Å². The van der Waals surface area contributed by atoms with E-state index in [9.17, 15) is 9.18 Å². The summed E-state index contributed by atoms with van der Waals surface area (Å²) in [7, 11) is 1.18. The van der Waals surface area contributed by atoms with Gasteiger partial charge in [-0.15, -0.1) is 0 Å². The molecule has 5 nitrogen and oxygen atoms in total. The van der Waals surface area contributed by atoms with E-state index in [2.05, 4.69) is 9.73 Å². The minimum Gasteiger partial charge on any atom is -0.466 e. The lowest BCUT2D eigenvalue weighted by atomic mass is 10.0. The number of hydrogen-bond acceptors (Lipinski definition) is 5. The van der Waals surface area contributed by atoms with Crippen molar-refractivity contribution in [3.8, 4) is 12.1 Å². The summed E-state index contributed by atoms with van der Waals surface area (Å²) >= 11 is 0. The number of hydrogen-bond donors (Lipinski definition) is 0. The molecule has 0 aliphatic rings. The van der Waals surface area contributed by atoms with Crippen LogP contribution in [-0.4, -0.2) is 24.8 Å². The molecule has 0 amide bonds. The van der Waals surface area contributed by atoms with Crippen molar-refractivity contribution in [1.29, 1.82) is 10.5 Å². The molecule has 100 valence electrons. The van der Waals surface area contributed by atoms with Gasteiger partial charge in [0.05, 0.1) is 7.11 Å². The molecule has 0 aromatic heterocycles. The van der Waals surface area contributed by atoms with E-state index in [1.807, 2.05) is 0 Å². The minimum absolute atomic E-state index is 0.403. The van der Waals surface area contributed by atoms with Gasteiger partial charge in [0, 0.05) is 12.3 Å². The van der Waals surface area contributed by atoms with Crippen LogP contribution in [0.3, 0.4) is 0 Å². The molecule has 0 heterocycles. The van der Waals surface area contributed by atoms with Gasteiger partial charge in [-0.25, -0.2) is 9.18 Å². The first-order chi connectivity index (χ1) is 9.55. The second kappa shape index (κ2) is 6.81. The van der Waals surface area contributed by atoms with E-state index in [-0.39, 0.29) is 0 Å². The van der Waals surface area contributed by atoms with Gasteiger partial charge in [-0.3, -0.25) is 4.99 Å². The largest absolute Gasteiger partial charge is 0.466 e. The number of esters is 1. The van der Waals surface area contributed by atoms with Crippen molar-refractivity contribution < 1.29 is 13.9 Å². The number of carbonyl (C=O) groups excluding carboxylic acids is 1. The Morgan fingerprint density at radius 1 is 1.35 bits per heavy atom. The summed E-state index contributed by atoms with van der Waals surface area (Å²) in [6.45, 7) is 0. The number of aliphatic imine (C=N–C) groups is 1. The molecule has 1 aromatic carbocycles. The Hall–Kier alpha value is -2.99. The zero-order valence-electron chi connectivity index (χ0n) is 10.6. The summed E-state index contributed by atoms with van der Waals surface area (Å²) in [5, 5.41) is 18.1.